The molecule has 1 unspecified atom stereocenters. The minimum atomic E-state index is 0. The molecule has 2 fully saturated rings. The molecule has 2 atom stereocenters. The molecule has 2 aliphatic rings. The Morgan fingerprint density at radius 1 is 1.18 bits per heavy atom. The zero-order chi connectivity index (χ0) is 11.4. The van der Waals surface area contributed by atoms with Crippen LogP contribution in [0.2, 0.25) is 0 Å². The molecule has 0 saturated carbocycles. The maximum atomic E-state index is 12.3. The SMILES string of the molecule is CC1CCCN(C(=O)[C@@H]2CCCNC2)CC1.Cl. The van der Waals surface area contributed by atoms with Gasteiger partial charge in [0, 0.05) is 19.6 Å². The van der Waals surface area contributed by atoms with Gasteiger partial charge in [-0.25, -0.2) is 0 Å². The van der Waals surface area contributed by atoms with Crippen molar-refractivity contribution in [1.29, 1.82) is 0 Å². The van der Waals surface area contributed by atoms with Gasteiger partial charge in [-0.05, 0) is 44.6 Å². The summed E-state index contributed by atoms with van der Waals surface area (Å²) in [5.74, 6) is 1.45. The number of amides is 1. The molecule has 0 aromatic rings. The standard InChI is InChI=1S/C13H24N2O.ClH/c1-11-4-3-8-15(9-6-11)13(16)12-5-2-7-14-10-12;/h11-12,14H,2-10H2,1H3;1H/t11?,12-;/m1./s1. The highest BCUT2D eigenvalue weighted by atomic mass is 35.5. The predicted octanol–water partition coefficient (Wildman–Crippen LogP) is 2.06. The second-order valence-electron chi connectivity index (χ2n) is 5.40. The van der Waals surface area contributed by atoms with Crippen LogP contribution in [0.3, 0.4) is 0 Å². The zero-order valence-corrected chi connectivity index (χ0v) is 11.6. The number of carbonyl (C=O) groups is 1. The molecule has 2 rings (SSSR count). The maximum Gasteiger partial charge on any atom is 0.226 e. The maximum absolute atomic E-state index is 12.3. The molecule has 0 spiro atoms. The van der Waals surface area contributed by atoms with Crippen LogP contribution in [-0.2, 0) is 4.79 Å². The van der Waals surface area contributed by atoms with Crippen molar-refractivity contribution in [2.75, 3.05) is 26.2 Å². The largest absolute Gasteiger partial charge is 0.342 e. The van der Waals surface area contributed by atoms with E-state index >= 15 is 0 Å². The minimum absolute atomic E-state index is 0. The van der Waals surface area contributed by atoms with E-state index in [2.05, 4.69) is 17.1 Å². The van der Waals surface area contributed by atoms with Crippen molar-refractivity contribution in [3.63, 3.8) is 0 Å². The number of carbonyl (C=O) groups excluding carboxylic acids is 1. The average molecular weight is 261 g/mol. The van der Waals surface area contributed by atoms with Gasteiger partial charge >= 0.3 is 0 Å². The van der Waals surface area contributed by atoms with Gasteiger partial charge in [0.25, 0.3) is 0 Å². The Morgan fingerprint density at radius 3 is 2.71 bits per heavy atom. The molecule has 0 aromatic carbocycles. The molecule has 1 N–H and O–H groups in total. The smallest absolute Gasteiger partial charge is 0.226 e. The summed E-state index contributed by atoms with van der Waals surface area (Å²) in [5, 5.41) is 3.33. The molecule has 0 aliphatic carbocycles. The van der Waals surface area contributed by atoms with Crippen molar-refractivity contribution >= 4 is 18.3 Å². The first-order valence-electron chi connectivity index (χ1n) is 6.77. The van der Waals surface area contributed by atoms with E-state index in [9.17, 15) is 4.79 Å². The van der Waals surface area contributed by atoms with Gasteiger partial charge in [0.1, 0.15) is 0 Å². The van der Waals surface area contributed by atoms with E-state index in [1.165, 1.54) is 19.3 Å². The van der Waals surface area contributed by atoms with Crippen LogP contribution >= 0.6 is 12.4 Å². The lowest BCUT2D eigenvalue weighted by Crippen LogP contribution is -2.43. The number of nitrogens with zero attached hydrogens (tertiary/aromatic N) is 1. The fourth-order valence-electron chi connectivity index (χ4n) is 2.80. The van der Waals surface area contributed by atoms with Crippen molar-refractivity contribution in [2.45, 2.75) is 39.0 Å². The lowest BCUT2D eigenvalue weighted by molar-refractivity contribution is -0.136. The predicted molar refractivity (Wildman–Crippen MR) is 72.4 cm³/mol. The molecule has 2 saturated heterocycles. The van der Waals surface area contributed by atoms with E-state index in [0.717, 1.165) is 44.9 Å². The Kier molecular flexibility index (Phi) is 6.28. The van der Waals surface area contributed by atoms with Gasteiger partial charge in [-0.3, -0.25) is 4.79 Å². The molecule has 0 aromatic heterocycles. The Hall–Kier alpha value is -0.280. The summed E-state index contributed by atoms with van der Waals surface area (Å²) in [5.41, 5.74) is 0. The van der Waals surface area contributed by atoms with E-state index in [0.29, 0.717) is 5.91 Å². The summed E-state index contributed by atoms with van der Waals surface area (Å²) in [6.45, 7) is 6.25. The highest BCUT2D eigenvalue weighted by Gasteiger charge is 2.26. The van der Waals surface area contributed by atoms with Crippen molar-refractivity contribution in [3.8, 4) is 0 Å². The summed E-state index contributed by atoms with van der Waals surface area (Å²) < 4.78 is 0. The molecule has 17 heavy (non-hydrogen) atoms. The van der Waals surface area contributed by atoms with Gasteiger partial charge in [-0.1, -0.05) is 6.92 Å². The van der Waals surface area contributed by atoms with Crippen molar-refractivity contribution in [3.05, 3.63) is 0 Å². The number of nitrogens with one attached hydrogen (secondary N) is 1. The summed E-state index contributed by atoms with van der Waals surface area (Å²) in [6, 6.07) is 0. The highest BCUT2D eigenvalue weighted by molar-refractivity contribution is 5.85. The van der Waals surface area contributed by atoms with Crippen LogP contribution in [0.5, 0.6) is 0 Å². The summed E-state index contributed by atoms with van der Waals surface area (Å²) in [6.07, 6.45) is 5.89. The van der Waals surface area contributed by atoms with Gasteiger partial charge in [0.05, 0.1) is 5.92 Å². The second kappa shape index (κ2) is 7.22. The number of piperidine rings is 1. The van der Waals surface area contributed by atoms with Gasteiger partial charge in [-0.2, -0.15) is 0 Å². The molecule has 2 aliphatic heterocycles. The molecule has 0 bridgehead atoms. The molecule has 1 amide bonds. The number of rotatable bonds is 1. The van der Waals surface area contributed by atoms with Crippen LogP contribution in [0.25, 0.3) is 0 Å². The second-order valence-corrected chi connectivity index (χ2v) is 5.40. The van der Waals surface area contributed by atoms with E-state index in [-0.39, 0.29) is 18.3 Å². The summed E-state index contributed by atoms with van der Waals surface area (Å²) in [7, 11) is 0. The Bertz CT molecular complexity index is 242. The molecule has 0 radical (unpaired) electrons. The molecular weight excluding hydrogens is 236 g/mol. The first-order valence-corrected chi connectivity index (χ1v) is 6.77. The normalized spacial score (nSPS) is 30.3. The third-order valence-electron chi connectivity index (χ3n) is 3.97. The Morgan fingerprint density at radius 2 is 2.00 bits per heavy atom. The van der Waals surface area contributed by atoms with Gasteiger partial charge < -0.3 is 10.2 Å². The molecule has 2 heterocycles. The topological polar surface area (TPSA) is 32.3 Å². The fourth-order valence-corrected chi connectivity index (χ4v) is 2.80. The van der Waals surface area contributed by atoms with Crippen LogP contribution < -0.4 is 5.32 Å². The quantitative estimate of drug-likeness (QED) is 0.783. The van der Waals surface area contributed by atoms with E-state index in [1.807, 2.05) is 0 Å². The van der Waals surface area contributed by atoms with E-state index < -0.39 is 0 Å². The van der Waals surface area contributed by atoms with Crippen LogP contribution in [0.1, 0.15) is 39.0 Å². The van der Waals surface area contributed by atoms with Gasteiger partial charge in [0.15, 0.2) is 0 Å². The number of halogens is 1. The van der Waals surface area contributed by atoms with Crippen molar-refractivity contribution in [1.82, 2.24) is 10.2 Å². The number of hydrogen-bond acceptors (Lipinski definition) is 2. The van der Waals surface area contributed by atoms with Gasteiger partial charge in [0.2, 0.25) is 5.91 Å². The highest BCUT2D eigenvalue weighted by Crippen LogP contribution is 2.20. The van der Waals surface area contributed by atoms with Crippen LogP contribution in [-0.4, -0.2) is 37.0 Å². The van der Waals surface area contributed by atoms with Crippen LogP contribution in [0.4, 0.5) is 0 Å². The molecule has 4 heteroatoms. The fraction of sp³-hybridized carbons (Fsp3) is 0.923. The summed E-state index contributed by atoms with van der Waals surface area (Å²) >= 11 is 0. The zero-order valence-electron chi connectivity index (χ0n) is 10.8. The molecular formula is C13H25ClN2O. The number of likely N-dealkylation sites (tertiary alicyclic amines) is 1. The minimum Gasteiger partial charge on any atom is -0.342 e. The van der Waals surface area contributed by atoms with E-state index in [4.69, 9.17) is 0 Å². The average Bonchev–Trinajstić information content (AvgIpc) is 2.54. The van der Waals surface area contributed by atoms with Crippen LogP contribution in [0.15, 0.2) is 0 Å². The Balaban J connectivity index is 0.00000144. The Labute approximate surface area is 111 Å². The lowest BCUT2D eigenvalue weighted by Gasteiger charge is -2.28. The monoisotopic (exact) mass is 260 g/mol. The molecule has 3 nitrogen and oxygen atoms in total. The van der Waals surface area contributed by atoms with Crippen molar-refractivity contribution < 1.29 is 4.79 Å². The van der Waals surface area contributed by atoms with Gasteiger partial charge in [-0.15, -0.1) is 12.4 Å². The third-order valence-corrected chi connectivity index (χ3v) is 3.97. The third kappa shape index (κ3) is 4.14. The first-order chi connectivity index (χ1) is 7.77. The van der Waals surface area contributed by atoms with Crippen LogP contribution in [0, 0.1) is 11.8 Å². The molecule has 100 valence electrons. The first kappa shape index (κ1) is 14.8. The summed E-state index contributed by atoms with van der Waals surface area (Å²) in [4.78, 5) is 14.4. The lowest BCUT2D eigenvalue weighted by atomic mass is 9.98. The van der Waals surface area contributed by atoms with E-state index in [1.54, 1.807) is 0 Å². The van der Waals surface area contributed by atoms with Crippen molar-refractivity contribution in [2.24, 2.45) is 11.8 Å². The number of hydrogen-bond donors (Lipinski definition) is 1.